The van der Waals surface area contributed by atoms with Crippen molar-refractivity contribution in [2.45, 2.75) is 62.9 Å². The average molecular weight is 477 g/mol. The first-order valence-electron chi connectivity index (χ1n) is 12.5. The maximum atomic E-state index is 13.1. The van der Waals surface area contributed by atoms with Gasteiger partial charge in [-0.2, -0.15) is 0 Å². The van der Waals surface area contributed by atoms with E-state index in [2.05, 4.69) is 29.6 Å². The predicted octanol–water partition coefficient (Wildman–Crippen LogP) is 4.55. The minimum Gasteiger partial charge on any atom is -0.480 e. The van der Waals surface area contributed by atoms with Crippen molar-refractivity contribution in [2.75, 3.05) is 13.2 Å². The fraction of sp³-hybridized carbons (Fsp3) is 0.464. The molecular formula is C28H32N2O5. The molecule has 7 nitrogen and oxygen atoms in total. The number of amides is 2. The van der Waals surface area contributed by atoms with Crippen LogP contribution in [0.4, 0.5) is 4.79 Å². The van der Waals surface area contributed by atoms with Crippen molar-refractivity contribution < 1.29 is 24.2 Å². The molecule has 1 saturated carbocycles. The Kier molecular flexibility index (Phi) is 6.26. The lowest BCUT2D eigenvalue weighted by atomic mass is 9.74. The van der Waals surface area contributed by atoms with Gasteiger partial charge in [-0.15, -0.1) is 0 Å². The molecule has 1 aliphatic heterocycles. The largest absolute Gasteiger partial charge is 0.480 e. The van der Waals surface area contributed by atoms with Crippen LogP contribution in [0, 0.1) is 5.92 Å². The van der Waals surface area contributed by atoms with Gasteiger partial charge in [-0.1, -0.05) is 55.5 Å². The van der Waals surface area contributed by atoms with Gasteiger partial charge in [0.25, 0.3) is 0 Å². The van der Waals surface area contributed by atoms with Crippen LogP contribution in [0.5, 0.6) is 0 Å². The third-order valence-corrected chi connectivity index (χ3v) is 7.98. The number of fused-ring (bicyclic) bond motifs is 3. The number of aliphatic carboxylic acids is 1. The van der Waals surface area contributed by atoms with Crippen LogP contribution in [-0.4, -0.2) is 52.7 Å². The van der Waals surface area contributed by atoms with Gasteiger partial charge < -0.3 is 20.1 Å². The molecule has 2 atom stereocenters. The van der Waals surface area contributed by atoms with E-state index in [9.17, 15) is 19.5 Å². The second kappa shape index (κ2) is 9.36. The number of benzene rings is 2. The molecule has 184 valence electrons. The van der Waals surface area contributed by atoms with E-state index < -0.39 is 23.6 Å². The van der Waals surface area contributed by atoms with Crippen LogP contribution in [0.2, 0.25) is 0 Å². The van der Waals surface area contributed by atoms with Crippen LogP contribution in [-0.2, 0) is 14.3 Å². The topological polar surface area (TPSA) is 95.9 Å². The van der Waals surface area contributed by atoms with Crippen molar-refractivity contribution in [3.63, 3.8) is 0 Å². The monoisotopic (exact) mass is 476 g/mol. The molecule has 0 spiro atoms. The van der Waals surface area contributed by atoms with Gasteiger partial charge in [-0.25, -0.2) is 9.59 Å². The second-order valence-electron chi connectivity index (χ2n) is 10.3. The molecule has 7 heteroatoms. The van der Waals surface area contributed by atoms with E-state index in [-0.39, 0.29) is 30.8 Å². The first-order valence-corrected chi connectivity index (χ1v) is 12.5. The predicted molar refractivity (Wildman–Crippen MR) is 131 cm³/mol. The Bertz CT molecular complexity index is 1100. The average Bonchev–Trinajstić information content (AvgIpc) is 3.15. The fourth-order valence-electron chi connectivity index (χ4n) is 5.87. The van der Waals surface area contributed by atoms with E-state index in [1.165, 1.54) is 16.0 Å². The van der Waals surface area contributed by atoms with Crippen LogP contribution in [0.15, 0.2) is 48.5 Å². The zero-order valence-electron chi connectivity index (χ0n) is 20.0. The highest BCUT2D eigenvalue weighted by molar-refractivity contribution is 5.85. The maximum Gasteiger partial charge on any atom is 0.407 e. The first kappa shape index (κ1) is 23.4. The molecule has 1 saturated heterocycles. The van der Waals surface area contributed by atoms with Crippen molar-refractivity contribution in [1.29, 1.82) is 0 Å². The lowest BCUT2D eigenvalue weighted by Crippen LogP contribution is -2.58. The molecule has 1 heterocycles. The molecule has 5 rings (SSSR count). The number of hydrogen-bond acceptors (Lipinski definition) is 4. The number of carbonyl (C=O) groups excluding carboxylic acids is 2. The molecule has 2 N–H and O–H groups in total. The number of rotatable bonds is 6. The van der Waals surface area contributed by atoms with Crippen LogP contribution in [0.25, 0.3) is 11.1 Å². The molecule has 0 radical (unpaired) electrons. The number of carboxylic acid groups (broad SMARTS) is 1. The number of carboxylic acids is 1. The molecule has 0 aromatic heterocycles. The summed E-state index contributed by atoms with van der Waals surface area (Å²) in [5.41, 5.74) is 3.97. The lowest BCUT2D eigenvalue weighted by Gasteiger charge is -2.44. The van der Waals surface area contributed by atoms with E-state index in [1.807, 2.05) is 31.2 Å². The van der Waals surface area contributed by atoms with Gasteiger partial charge in [0.2, 0.25) is 5.91 Å². The van der Waals surface area contributed by atoms with Gasteiger partial charge >= 0.3 is 12.1 Å². The van der Waals surface area contributed by atoms with Gasteiger partial charge in [0.1, 0.15) is 12.6 Å². The van der Waals surface area contributed by atoms with Gasteiger partial charge in [0.05, 0.1) is 12.0 Å². The highest BCUT2D eigenvalue weighted by atomic mass is 16.5. The Morgan fingerprint density at radius 1 is 1.06 bits per heavy atom. The molecule has 2 amide bonds. The van der Waals surface area contributed by atoms with Crippen LogP contribution in [0.3, 0.4) is 0 Å². The SMILES string of the molecule is CC1CCN(C(=O)CC2(NC(=O)OCC3c4ccccc4-c4ccccc43)CCC2)C(C(=O)O)C1. The fourth-order valence-corrected chi connectivity index (χ4v) is 5.87. The molecule has 2 aromatic rings. The van der Waals surface area contributed by atoms with Crippen LogP contribution >= 0.6 is 0 Å². The zero-order valence-corrected chi connectivity index (χ0v) is 20.0. The summed E-state index contributed by atoms with van der Waals surface area (Å²) in [4.78, 5) is 39.2. The van der Waals surface area contributed by atoms with Gasteiger partial charge in [0.15, 0.2) is 0 Å². The summed E-state index contributed by atoms with van der Waals surface area (Å²) < 4.78 is 5.70. The van der Waals surface area contributed by atoms with E-state index in [0.29, 0.717) is 25.8 Å². The number of nitrogens with one attached hydrogen (secondary N) is 1. The number of carbonyl (C=O) groups is 3. The Balaban J connectivity index is 1.23. The summed E-state index contributed by atoms with van der Waals surface area (Å²) in [7, 11) is 0. The number of nitrogens with zero attached hydrogens (tertiary/aromatic N) is 1. The Labute approximate surface area is 205 Å². The first-order chi connectivity index (χ1) is 16.9. The highest BCUT2D eigenvalue weighted by Crippen LogP contribution is 2.44. The Morgan fingerprint density at radius 2 is 1.69 bits per heavy atom. The quantitative estimate of drug-likeness (QED) is 0.638. The Morgan fingerprint density at radius 3 is 2.26 bits per heavy atom. The summed E-state index contributed by atoms with van der Waals surface area (Å²) >= 11 is 0. The number of hydrogen-bond donors (Lipinski definition) is 2. The van der Waals surface area contributed by atoms with Crippen molar-refractivity contribution in [3.05, 3.63) is 59.7 Å². The van der Waals surface area contributed by atoms with E-state index in [1.54, 1.807) is 0 Å². The molecule has 0 bridgehead atoms. The van der Waals surface area contributed by atoms with Crippen molar-refractivity contribution in [2.24, 2.45) is 5.92 Å². The molecule has 35 heavy (non-hydrogen) atoms. The van der Waals surface area contributed by atoms with Crippen LogP contribution < -0.4 is 5.32 Å². The zero-order chi connectivity index (χ0) is 24.6. The summed E-state index contributed by atoms with van der Waals surface area (Å²) in [5.74, 6) is -0.921. The minimum atomic E-state index is -0.961. The number of ether oxygens (including phenoxy) is 1. The third-order valence-electron chi connectivity index (χ3n) is 7.98. The number of likely N-dealkylation sites (tertiary alicyclic amines) is 1. The van der Waals surface area contributed by atoms with E-state index >= 15 is 0 Å². The van der Waals surface area contributed by atoms with Gasteiger partial charge in [-0.3, -0.25) is 4.79 Å². The Hall–Kier alpha value is -3.35. The van der Waals surface area contributed by atoms with Crippen LogP contribution in [0.1, 0.15) is 62.5 Å². The minimum absolute atomic E-state index is 0.0289. The molecule has 2 aromatic carbocycles. The molecule has 2 fully saturated rings. The molecular weight excluding hydrogens is 444 g/mol. The standard InChI is InChI=1S/C28H32N2O5/c1-18-11-14-30(24(15-18)26(32)33)25(31)16-28(12-6-13-28)29-27(34)35-17-23-21-9-4-2-7-19(21)20-8-3-5-10-22(20)23/h2-5,7-10,18,23-24H,6,11-17H2,1H3,(H,29,34)(H,32,33). The van der Waals surface area contributed by atoms with Gasteiger partial charge in [-0.05, 0) is 60.3 Å². The second-order valence-corrected chi connectivity index (χ2v) is 10.3. The van der Waals surface area contributed by atoms with Crippen molar-refractivity contribution in [3.8, 4) is 11.1 Å². The number of alkyl carbamates (subject to hydrolysis) is 1. The van der Waals surface area contributed by atoms with E-state index in [4.69, 9.17) is 4.74 Å². The smallest absolute Gasteiger partial charge is 0.407 e. The summed E-state index contributed by atoms with van der Waals surface area (Å²) in [6.07, 6.45) is 3.12. The summed E-state index contributed by atoms with van der Waals surface area (Å²) in [6, 6.07) is 15.6. The number of piperidine rings is 1. The lowest BCUT2D eigenvalue weighted by molar-refractivity contribution is -0.154. The molecule has 2 aliphatic carbocycles. The summed E-state index contributed by atoms with van der Waals surface area (Å²) in [6.45, 7) is 2.68. The normalized spacial score (nSPS) is 22.5. The van der Waals surface area contributed by atoms with Crippen molar-refractivity contribution in [1.82, 2.24) is 10.2 Å². The molecule has 2 unspecified atom stereocenters. The maximum absolute atomic E-state index is 13.1. The molecule has 3 aliphatic rings. The summed E-state index contributed by atoms with van der Waals surface area (Å²) in [5, 5.41) is 12.6. The van der Waals surface area contributed by atoms with Gasteiger partial charge in [0, 0.05) is 12.5 Å². The highest BCUT2D eigenvalue weighted by Gasteiger charge is 2.44. The third kappa shape index (κ3) is 4.51. The van der Waals surface area contributed by atoms with E-state index in [0.717, 1.165) is 24.0 Å². The van der Waals surface area contributed by atoms with Crippen molar-refractivity contribution >= 4 is 18.0 Å².